The molecule has 1 aromatic heterocycles. The van der Waals surface area contributed by atoms with Crippen LogP contribution in [0.5, 0.6) is 11.5 Å². The molecule has 6 aromatic carbocycles. The van der Waals surface area contributed by atoms with Crippen LogP contribution in [0.15, 0.2) is 152 Å². The molecule has 0 atom stereocenters. The molecule has 2 heterocycles. The number of fused-ring (bicyclic) bond motifs is 4. The van der Waals surface area contributed by atoms with Gasteiger partial charge >= 0.3 is 0 Å². The summed E-state index contributed by atoms with van der Waals surface area (Å²) in [5, 5.41) is 0. The minimum atomic E-state index is -0.243. The average molecular weight is 648 g/mol. The van der Waals surface area contributed by atoms with Crippen molar-refractivity contribution in [1.82, 2.24) is 9.97 Å². The minimum Gasteiger partial charge on any atom is -0.453 e. The molecule has 2 aliphatic rings. The van der Waals surface area contributed by atoms with E-state index in [1.54, 1.807) is 0 Å². The third-order valence-corrected chi connectivity index (χ3v) is 10.5. The van der Waals surface area contributed by atoms with Crippen molar-refractivity contribution in [2.45, 2.75) is 38.5 Å². The largest absolute Gasteiger partial charge is 0.453 e. The summed E-state index contributed by atoms with van der Waals surface area (Å²) in [6, 6.07) is 53.3. The molecule has 242 valence electrons. The van der Waals surface area contributed by atoms with Crippen LogP contribution in [0.4, 0.5) is 17.1 Å². The van der Waals surface area contributed by atoms with Crippen LogP contribution in [-0.4, -0.2) is 9.97 Å². The van der Waals surface area contributed by atoms with Gasteiger partial charge in [-0.3, -0.25) is 0 Å². The molecule has 0 spiro atoms. The third kappa shape index (κ3) is 4.74. The SMILES string of the molecule is CC1(C)c2ccc(N3c4ccccc4Oc4ccccc43)cc2C(C)(C)c2ccc(-c3cc(-c4ccccc4)nc(-c4ccccc4)n3)cc21. The highest BCUT2D eigenvalue weighted by Crippen LogP contribution is 2.54. The summed E-state index contributed by atoms with van der Waals surface area (Å²) < 4.78 is 6.32. The van der Waals surface area contributed by atoms with Crippen LogP contribution >= 0.6 is 0 Å². The van der Waals surface area contributed by atoms with Crippen molar-refractivity contribution < 1.29 is 4.74 Å². The van der Waals surface area contributed by atoms with Gasteiger partial charge in [0.2, 0.25) is 0 Å². The fourth-order valence-corrected chi connectivity index (χ4v) is 7.84. The Morgan fingerprint density at radius 3 is 1.56 bits per heavy atom. The lowest BCUT2D eigenvalue weighted by molar-refractivity contribution is 0.477. The molecule has 0 fully saturated rings. The van der Waals surface area contributed by atoms with Gasteiger partial charge < -0.3 is 9.64 Å². The van der Waals surface area contributed by atoms with Gasteiger partial charge in [0.25, 0.3) is 0 Å². The molecule has 0 unspecified atom stereocenters. The van der Waals surface area contributed by atoms with Gasteiger partial charge in [-0.2, -0.15) is 0 Å². The van der Waals surface area contributed by atoms with E-state index in [4.69, 9.17) is 14.7 Å². The highest BCUT2D eigenvalue weighted by atomic mass is 16.5. The summed E-state index contributed by atoms with van der Waals surface area (Å²) in [7, 11) is 0. The van der Waals surface area contributed by atoms with E-state index < -0.39 is 0 Å². The van der Waals surface area contributed by atoms with Gasteiger partial charge in [-0.05, 0) is 70.8 Å². The van der Waals surface area contributed by atoms with Gasteiger partial charge in [0.15, 0.2) is 17.3 Å². The van der Waals surface area contributed by atoms with E-state index in [-0.39, 0.29) is 10.8 Å². The molecule has 1 aliphatic carbocycles. The van der Waals surface area contributed by atoms with Crippen LogP contribution in [0, 0.1) is 0 Å². The van der Waals surface area contributed by atoms with Gasteiger partial charge in [-0.15, -0.1) is 0 Å². The van der Waals surface area contributed by atoms with Crippen LogP contribution in [0.1, 0.15) is 49.9 Å². The molecule has 0 saturated carbocycles. The number of hydrogen-bond donors (Lipinski definition) is 0. The Kier molecular flexibility index (Phi) is 6.79. The smallest absolute Gasteiger partial charge is 0.160 e. The molecular weight excluding hydrogens is 611 g/mol. The summed E-state index contributed by atoms with van der Waals surface area (Å²) in [6.45, 7) is 9.42. The number of aromatic nitrogens is 2. The summed E-state index contributed by atoms with van der Waals surface area (Å²) >= 11 is 0. The summed E-state index contributed by atoms with van der Waals surface area (Å²) in [4.78, 5) is 12.5. The average Bonchev–Trinajstić information content (AvgIpc) is 3.16. The quantitative estimate of drug-likeness (QED) is 0.191. The molecule has 7 aromatic rings. The van der Waals surface area contributed by atoms with Crippen molar-refractivity contribution in [2.75, 3.05) is 4.90 Å². The van der Waals surface area contributed by atoms with Crippen molar-refractivity contribution in [3.63, 3.8) is 0 Å². The number of benzene rings is 6. The molecule has 0 bridgehead atoms. The Labute approximate surface area is 293 Å². The zero-order chi connectivity index (χ0) is 34.0. The van der Waals surface area contributed by atoms with E-state index in [9.17, 15) is 0 Å². The van der Waals surface area contributed by atoms with Gasteiger partial charge in [0.05, 0.1) is 22.8 Å². The fourth-order valence-electron chi connectivity index (χ4n) is 7.84. The lowest BCUT2D eigenvalue weighted by atomic mass is 9.59. The van der Waals surface area contributed by atoms with Gasteiger partial charge in [0, 0.05) is 33.2 Å². The van der Waals surface area contributed by atoms with E-state index in [2.05, 4.69) is 136 Å². The molecule has 0 radical (unpaired) electrons. The first-order valence-corrected chi connectivity index (χ1v) is 17.3. The summed E-state index contributed by atoms with van der Waals surface area (Å²) in [6.07, 6.45) is 0. The lowest BCUT2D eigenvalue weighted by Crippen LogP contribution is -2.36. The Morgan fingerprint density at radius 2 is 0.940 bits per heavy atom. The van der Waals surface area contributed by atoms with Crippen molar-refractivity contribution in [3.8, 4) is 45.4 Å². The fraction of sp³-hybridized carbons (Fsp3) is 0.130. The molecular formula is C46H37N3O. The zero-order valence-electron chi connectivity index (χ0n) is 28.7. The van der Waals surface area contributed by atoms with E-state index in [1.807, 2.05) is 48.5 Å². The molecule has 0 amide bonds. The summed E-state index contributed by atoms with van der Waals surface area (Å²) in [5.41, 5.74) is 13.0. The topological polar surface area (TPSA) is 38.2 Å². The Hall–Kier alpha value is -6.00. The molecule has 4 heteroatoms. The van der Waals surface area contributed by atoms with Crippen molar-refractivity contribution in [1.29, 1.82) is 0 Å². The van der Waals surface area contributed by atoms with Gasteiger partial charge in [-0.25, -0.2) is 9.97 Å². The normalized spacial score (nSPS) is 14.8. The number of rotatable bonds is 4. The molecule has 50 heavy (non-hydrogen) atoms. The highest BCUT2D eigenvalue weighted by Gasteiger charge is 2.42. The monoisotopic (exact) mass is 647 g/mol. The lowest BCUT2D eigenvalue weighted by Gasteiger charge is -2.45. The molecule has 9 rings (SSSR count). The third-order valence-electron chi connectivity index (χ3n) is 10.5. The maximum absolute atomic E-state index is 6.32. The standard InChI is InChI=1S/C46H37N3O/c1-45(2)35-26-24-33(49-40-19-11-13-21-42(40)50-43-22-14-12-20-41(43)49)28-37(35)46(3,4)34-25-23-32(27-36(34)45)39-29-38(30-15-7-5-8-16-30)47-44(48-39)31-17-9-6-10-18-31/h5-29H,1-4H3. The molecule has 1 aliphatic heterocycles. The van der Waals surface area contributed by atoms with Crippen molar-refractivity contribution >= 4 is 17.1 Å². The predicted octanol–water partition coefficient (Wildman–Crippen LogP) is 12.0. The van der Waals surface area contributed by atoms with Crippen LogP contribution in [0.3, 0.4) is 0 Å². The number of nitrogens with zero attached hydrogens (tertiary/aromatic N) is 3. The first-order valence-electron chi connectivity index (χ1n) is 17.3. The van der Waals surface area contributed by atoms with Crippen LogP contribution < -0.4 is 9.64 Å². The first kappa shape index (κ1) is 30.1. The second-order valence-electron chi connectivity index (χ2n) is 14.3. The Morgan fingerprint density at radius 1 is 0.440 bits per heavy atom. The Bertz CT molecular complexity index is 2310. The first-order chi connectivity index (χ1) is 24.3. The summed E-state index contributed by atoms with van der Waals surface area (Å²) in [5.74, 6) is 2.44. The van der Waals surface area contributed by atoms with Crippen LogP contribution in [0.25, 0.3) is 33.9 Å². The number of anilines is 3. The van der Waals surface area contributed by atoms with Crippen LogP contribution in [0.2, 0.25) is 0 Å². The van der Waals surface area contributed by atoms with Crippen molar-refractivity contribution in [3.05, 3.63) is 174 Å². The number of ether oxygens (including phenoxy) is 1. The second-order valence-corrected chi connectivity index (χ2v) is 14.3. The maximum Gasteiger partial charge on any atom is 0.160 e. The van der Waals surface area contributed by atoms with Gasteiger partial charge in [-0.1, -0.05) is 131 Å². The molecule has 0 N–H and O–H groups in total. The highest BCUT2D eigenvalue weighted by molar-refractivity contribution is 5.87. The Balaban J connectivity index is 1.17. The van der Waals surface area contributed by atoms with E-state index in [0.29, 0.717) is 0 Å². The zero-order valence-corrected chi connectivity index (χ0v) is 28.7. The van der Waals surface area contributed by atoms with Crippen LogP contribution in [-0.2, 0) is 10.8 Å². The second kappa shape index (κ2) is 11.3. The van der Waals surface area contributed by atoms with E-state index in [1.165, 1.54) is 22.3 Å². The van der Waals surface area contributed by atoms with Crippen molar-refractivity contribution in [2.24, 2.45) is 0 Å². The predicted molar refractivity (Wildman–Crippen MR) is 204 cm³/mol. The van der Waals surface area contributed by atoms with E-state index >= 15 is 0 Å². The van der Waals surface area contributed by atoms with Gasteiger partial charge in [0.1, 0.15) is 0 Å². The minimum absolute atomic E-state index is 0.240. The molecule has 4 nitrogen and oxygen atoms in total. The number of para-hydroxylation sites is 4. The number of hydrogen-bond acceptors (Lipinski definition) is 4. The maximum atomic E-state index is 6.32. The molecule has 0 saturated heterocycles. The van der Waals surface area contributed by atoms with E-state index in [0.717, 1.165) is 62.5 Å².